The number of ether oxygens (including phenoxy) is 1. The third-order valence-electron chi connectivity index (χ3n) is 4.14. The number of rotatable bonds is 8. The largest absolute Gasteiger partial charge is 0.479 e. The van der Waals surface area contributed by atoms with Gasteiger partial charge in [0.1, 0.15) is 5.54 Å². The van der Waals surface area contributed by atoms with Crippen LogP contribution in [0.25, 0.3) is 0 Å². The molecule has 9 heteroatoms. The van der Waals surface area contributed by atoms with E-state index in [1.165, 1.54) is 6.92 Å². The molecule has 9 nitrogen and oxygen atoms in total. The van der Waals surface area contributed by atoms with Crippen molar-refractivity contribution < 1.29 is 29.0 Å². The van der Waals surface area contributed by atoms with E-state index in [2.05, 4.69) is 5.32 Å². The maximum atomic E-state index is 12.7. The van der Waals surface area contributed by atoms with Gasteiger partial charge < -0.3 is 20.9 Å². The number of hydrogen-bond acceptors (Lipinski definition) is 7. The molecule has 0 aromatic rings. The van der Waals surface area contributed by atoms with Gasteiger partial charge in [0, 0.05) is 6.42 Å². The molecule has 0 aromatic heterocycles. The average molecular weight is 357 g/mol. The molecule has 0 unspecified atom stereocenters. The monoisotopic (exact) mass is 357 g/mol. The van der Waals surface area contributed by atoms with E-state index in [1.54, 1.807) is 13.8 Å². The number of esters is 1. The number of carbonyl (C=O) groups is 4. The Bertz CT molecular complexity index is 530. The van der Waals surface area contributed by atoms with Gasteiger partial charge >= 0.3 is 11.9 Å². The summed E-state index contributed by atoms with van der Waals surface area (Å²) in [6, 6.07) is -0.628. The molecular weight excluding hydrogens is 330 g/mol. The minimum absolute atomic E-state index is 0.235. The van der Waals surface area contributed by atoms with Gasteiger partial charge in [0.25, 0.3) is 0 Å². The molecule has 1 rings (SSSR count). The lowest BCUT2D eigenvalue weighted by atomic mass is 9.92. The number of nitrogens with two attached hydrogens (primary N) is 1. The molecule has 2 atom stereocenters. The van der Waals surface area contributed by atoms with E-state index in [1.807, 2.05) is 0 Å². The summed E-state index contributed by atoms with van der Waals surface area (Å²) in [6.45, 7) is 4.71. The van der Waals surface area contributed by atoms with Crippen LogP contribution in [-0.2, 0) is 23.9 Å². The van der Waals surface area contributed by atoms with Crippen molar-refractivity contribution in [2.75, 3.05) is 13.1 Å². The lowest BCUT2D eigenvalue weighted by Gasteiger charge is -2.37. The van der Waals surface area contributed by atoms with Gasteiger partial charge in [0.15, 0.2) is 0 Å². The topological polar surface area (TPSA) is 139 Å². The van der Waals surface area contributed by atoms with E-state index in [-0.39, 0.29) is 18.9 Å². The number of nitrogens with zero attached hydrogens (tertiary/aromatic N) is 1. The van der Waals surface area contributed by atoms with Crippen LogP contribution in [0.2, 0.25) is 0 Å². The first kappa shape index (κ1) is 21.0. The third-order valence-corrected chi connectivity index (χ3v) is 4.14. The number of hydrogen-bond donors (Lipinski definition) is 3. The van der Waals surface area contributed by atoms with Crippen LogP contribution >= 0.6 is 0 Å². The Kier molecular flexibility index (Phi) is 7.50. The van der Waals surface area contributed by atoms with Crippen LogP contribution in [0, 0.1) is 0 Å². The van der Waals surface area contributed by atoms with Gasteiger partial charge in [0.2, 0.25) is 11.8 Å². The van der Waals surface area contributed by atoms with E-state index in [0.29, 0.717) is 17.9 Å². The first-order valence-corrected chi connectivity index (χ1v) is 8.36. The Hall–Kier alpha value is -2.00. The second-order valence-corrected chi connectivity index (χ2v) is 6.54. The maximum absolute atomic E-state index is 12.7. The highest BCUT2D eigenvalue weighted by molar-refractivity contribution is 6.03. The Morgan fingerprint density at radius 3 is 2.44 bits per heavy atom. The Balaban J connectivity index is 3.05. The Labute approximate surface area is 146 Å². The summed E-state index contributed by atoms with van der Waals surface area (Å²) in [4.78, 5) is 49.3. The molecule has 0 aromatic carbocycles. The van der Waals surface area contributed by atoms with Gasteiger partial charge in [-0.25, -0.2) is 4.79 Å². The fourth-order valence-electron chi connectivity index (χ4n) is 2.77. The fraction of sp³-hybridized carbons (Fsp3) is 0.750. The SMILES string of the molecule is CC(C)OC(=O)CC[C@@](C)(C(=O)O)N(C(=O)CN)C(=O)[C@@H]1CCCN1. The molecule has 1 fully saturated rings. The first-order chi connectivity index (χ1) is 11.6. The Morgan fingerprint density at radius 2 is 2.00 bits per heavy atom. The van der Waals surface area contributed by atoms with Gasteiger partial charge in [-0.05, 0) is 46.6 Å². The molecule has 1 aliphatic heterocycles. The standard InChI is InChI=1S/C16H27N3O6/c1-10(2)25-13(21)6-7-16(3,15(23)24)19(12(20)9-17)14(22)11-5-4-8-18-11/h10-11,18H,4-9,17H2,1-3H3,(H,23,24)/t11-,16-/m0/s1. The molecule has 0 bridgehead atoms. The number of nitrogens with one attached hydrogen (secondary N) is 1. The maximum Gasteiger partial charge on any atom is 0.329 e. The normalized spacial score (nSPS) is 19.3. The van der Waals surface area contributed by atoms with E-state index < -0.39 is 41.9 Å². The summed E-state index contributed by atoms with van der Waals surface area (Å²) >= 11 is 0. The number of carboxylic acids is 1. The van der Waals surface area contributed by atoms with Crippen LogP contribution in [-0.4, -0.2) is 64.5 Å². The molecule has 1 aliphatic rings. The molecule has 142 valence electrons. The molecule has 0 radical (unpaired) electrons. The molecule has 0 saturated carbocycles. The van der Waals surface area contributed by atoms with Crippen molar-refractivity contribution in [2.24, 2.45) is 5.73 Å². The predicted octanol–water partition coefficient (Wildman–Crippen LogP) is -0.373. The Morgan fingerprint density at radius 1 is 1.36 bits per heavy atom. The zero-order valence-corrected chi connectivity index (χ0v) is 14.9. The summed E-state index contributed by atoms with van der Waals surface area (Å²) in [5.74, 6) is -3.39. The summed E-state index contributed by atoms with van der Waals surface area (Å²) in [5.41, 5.74) is 3.50. The van der Waals surface area contributed by atoms with E-state index in [4.69, 9.17) is 10.5 Å². The van der Waals surface area contributed by atoms with Crippen molar-refractivity contribution in [3.63, 3.8) is 0 Å². The minimum Gasteiger partial charge on any atom is -0.479 e. The van der Waals surface area contributed by atoms with Crippen LogP contribution in [0.5, 0.6) is 0 Å². The first-order valence-electron chi connectivity index (χ1n) is 8.36. The summed E-state index contributed by atoms with van der Waals surface area (Å²) in [7, 11) is 0. The highest BCUT2D eigenvalue weighted by Crippen LogP contribution is 2.25. The van der Waals surface area contributed by atoms with Gasteiger partial charge in [-0.15, -0.1) is 0 Å². The molecule has 0 aliphatic carbocycles. The van der Waals surface area contributed by atoms with Crippen molar-refractivity contribution in [1.29, 1.82) is 0 Å². The highest BCUT2D eigenvalue weighted by atomic mass is 16.5. The fourth-order valence-corrected chi connectivity index (χ4v) is 2.77. The van der Waals surface area contributed by atoms with Crippen molar-refractivity contribution in [1.82, 2.24) is 10.2 Å². The van der Waals surface area contributed by atoms with Crippen molar-refractivity contribution >= 4 is 23.8 Å². The molecule has 0 spiro atoms. The summed E-state index contributed by atoms with van der Waals surface area (Å²) in [6.07, 6.45) is 0.442. The quantitative estimate of drug-likeness (QED) is 0.500. The minimum atomic E-state index is -1.88. The van der Waals surface area contributed by atoms with E-state index in [0.717, 1.165) is 6.42 Å². The van der Waals surface area contributed by atoms with Gasteiger partial charge in [0.05, 0.1) is 18.7 Å². The van der Waals surface area contributed by atoms with Crippen LogP contribution in [0.3, 0.4) is 0 Å². The van der Waals surface area contributed by atoms with Gasteiger partial charge in [-0.2, -0.15) is 0 Å². The number of aliphatic carboxylic acids is 1. The van der Waals surface area contributed by atoms with Crippen molar-refractivity contribution in [2.45, 2.75) is 64.1 Å². The van der Waals surface area contributed by atoms with Crippen LogP contribution in [0.4, 0.5) is 0 Å². The van der Waals surface area contributed by atoms with Crippen LogP contribution in [0.15, 0.2) is 0 Å². The lowest BCUT2D eigenvalue weighted by Crippen LogP contribution is -2.62. The molecular formula is C16H27N3O6. The van der Waals surface area contributed by atoms with Gasteiger partial charge in [-0.1, -0.05) is 0 Å². The zero-order valence-electron chi connectivity index (χ0n) is 14.9. The molecule has 1 saturated heterocycles. The van der Waals surface area contributed by atoms with Crippen molar-refractivity contribution in [3.05, 3.63) is 0 Å². The number of carboxylic acid groups (broad SMARTS) is 1. The average Bonchev–Trinajstić information content (AvgIpc) is 3.06. The van der Waals surface area contributed by atoms with Crippen molar-refractivity contribution in [3.8, 4) is 0 Å². The second kappa shape index (κ2) is 8.91. The van der Waals surface area contributed by atoms with E-state index >= 15 is 0 Å². The van der Waals surface area contributed by atoms with E-state index in [9.17, 15) is 24.3 Å². The number of carbonyl (C=O) groups excluding carboxylic acids is 3. The van der Waals surface area contributed by atoms with Gasteiger partial charge in [-0.3, -0.25) is 19.3 Å². The second-order valence-electron chi connectivity index (χ2n) is 6.54. The summed E-state index contributed by atoms with van der Waals surface area (Å²) < 4.78 is 4.99. The lowest BCUT2D eigenvalue weighted by molar-refractivity contribution is -0.167. The van der Waals surface area contributed by atoms with Crippen LogP contribution < -0.4 is 11.1 Å². The third kappa shape index (κ3) is 5.23. The summed E-state index contributed by atoms with van der Waals surface area (Å²) in [5, 5.41) is 12.6. The highest BCUT2D eigenvalue weighted by Gasteiger charge is 2.47. The molecule has 4 N–H and O–H groups in total. The molecule has 25 heavy (non-hydrogen) atoms. The zero-order chi connectivity index (χ0) is 19.2. The number of amides is 2. The molecule has 1 heterocycles. The molecule has 2 amide bonds. The smallest absolute Gasteiger partial charge is 0.329 e. The van der Waals surface area contributed by atoms with Crippen LogP contribution in [0.1, 0.15) is 46.5 Å². The number of imide groups is 1. The predicted molar refractivity (Wildman–Crippen MR) is 88.4 cm³/mol.